The summed E-state index contributed by atoms with van der Waals surface area (Å²) in [6.07, 6.45) is 0.269. The molecule has 134 valence electrons. The normalized spacial score (nSPS) is 31.6. The predicted octanol–water partition coefficient (Wildman–Crippen LogP) is 2.68. The molecule has 1 aliphatic rings. The Morgan fingerprint density at radius 1 is 1.42 bits per heavy atom. The second-order valence-corrected chi connectivity index (χ2v) is 6.12. The SMILES string of the molecule is C=CCO[C@@H]1C[C@H](OC)O[C@@H](C)[C@]1(O)[C@H](C)OCc1ccccc1. The minimum absolute atomic E-state index is 0.349. The summed E-state index contributed by atoms with van der Waals surface area (Å²) < 4.78 is 22.8. The molecule has 0 radical (unpaired) electrons. The van der Waals surface area contributed by atoms with E-state index in [-0.39, 0.29) is 0 Å². The lowest BCUT2D eigenvalue weighted by molar-refractivity contribution is -0.308. The van der Waals surface area contributed by atoms with Crippen molar-refractivity contribution in [1.29, 1.82) is 0 Å². The zero-order chi connectivity index (χ0) is 17.6. The van der Waals surface area contributed by atoms with Crippen molar-refractivity contribution in [2.45, 2.75) is 57.1 Å². The van der Waals surface area contributed by atoms with Gasteiger partial charge >= 0.3 is 0 Å². The molecule has 24 heavy (non-hydrogen) atoms. The minimum Gasteiger partial charge on any atom is -0.382 e. The molecule has 1 N–H and O–H groups in total. The average molecular weight is 336 g/mol. The number of rotatable bonds is 8. The zero-order valence-corrected chi connectivity index (χ0v) is 14.7. The van der Waals surface area contributed by atoms with E-state index in [2.05, 4.69) is 6.58 Å². The average Bonchev–Trinajstić information content (AvgIpc) is 2.61. The van der Waals surface area contributed by atoms with Gasteiger partial charge in [-0.25, -0.2) is 0 Å². The van der Waals surface area contributed by atoms with Crippen molar-refractivity contribution in [2.75, 3.05) is 13.7 Å². The molecule has 5 nitrogen and oxygen atoms in total. The van der Waals surface area contributed by atoms with Gasteiger partial charge in [0.2, 0.25) is 0 Å². The largest absolute Gasteiger partial charge is 0.382 e. The van der Waals surface area contributed by atoms with Crippen LogP contribution in [0.4, 0.5) is 0 Å². The summed E-state index contributed by atoms with van der Waals surface area (Å²) in [6.45, 7) is 8.10. The first kappa shape index (κ1) is 19.1. The van der Waals surface area contributed by atoms with Gasteiger partial charge in [-0.2, -0.15) is 0 Å². The van der Waals surface area contributed by atoms with Gasteiger partial charge in [-0.1, -0.05) is 36.4 Å². The molecule has 0 bridgehead atoms. The standard InChI is InChI=1S/C19H28O5/c1-5-11-22-17-12-18(21-4)24-15(3)19(17,20)14(2)23-13-16-9-7-6-8-10-16/h5-10,14-15,17-18,20H,1,11-13H2,2-4H3/t14-,15-,17+,18+,19+/m0/s1. The Balaban J connectivity index is 2.09. The lowest BCUT2D eigenvalue weighted by Gasteiger charge is -2.48. The molecular weight excluding hydrogens is 308 g/mol. The van der Waals surface area contributed by atoms with Crippen LogP contribution in [-0.4, -0.2) is 49.0 Å². The van der Waals surface area contributed by atoms with Gasteiger partial charge in [0, 0.05) is 13.5 Å². The van der Waals surface area contributed by atoms with E-state index in [0.29, 0.717) is 19.6 Å². The molecule has 0 aromatic heterocycles. The number of aliphatic hydroxyl groups is 1. The molecular formula is C19H28O5. The van der Waals surface area contributed by atoms with Crippen molar-refractivity contribution < 1.29 is 24.1 Å². The highest BCUT2D eigenvalue weighted by Gasteiger charge is 2.53. The van der Waals surface area contributed by atoms with Crippen molar-refractivity contribution in [1.82, 2.24) is 0 Å². The molecule has 0 aliphatic carbocycles. The van der Waals surface area contributed by atoms with Crippen molar-refractivity contribution in [3.63, 3.8) is 0 Å². The van der Waals surface area contributed by atoms with E-state index in [1.807, 2.05) is 44.2 Å². The lowest BCUT2D eigenvalue weighted by atomic mass is 9.81. The number of hydrogen-bond acceptors (Lipinski definition) is 5. The van der Waals surface area contributed by atoms with Gasteiger partial charge in [-0.3, -0.25) is 0 Å². The van der Waals surface area contributed by atoms with Crippen molar-refractivity contribution in [3.05, 3.63) is 48.6 Å². The molecule has 1 saturated heterocycles. The summed E-state index contributed by atoms with van der Waals surface area (Å²) in [6, 6.07) is 9.86. The van der Waals surface area contributed by atoms with Gasteiger partial charge in [0.15, 0.2) is 6.29 Å². The molecule has 2 rings (SSSR count). The second-order valence-electron chi connectivity index (χ2n) is 6.12. The second kappa shape index (κ2) is 8.74. The van der Waals surface area contributed by atoms with Crippen LogP contribution in [0.15, 0.2) is 43.0 Å². The third-order valence-electron chi connectivity index (χ3n) is 4.60. The van der Waals surface area contributed by atoms with Gasteiger partial charge in [0.05, 0.1) is 31.5 Å². The summed E-state index contributed by atoms with van der Waals surface area (Å²) in [4.78, 5) is 0. The van der Waals surface area contributed by atoms with E-state index >= 15 is 0 Å². The fourth-order valence-corrected chi connectivity index (χ4v) is 3.08. The Labute approximate surface area is 144 Å². The van der Waals surface area contributed by atoms with Crippen LogP contribution in [0.1, 0.15) is 25.8 Å². The van der Waals surface area contributed by atoms with Gasteiger partial charge in [-0.05, 0) is 19.4 Å². The first-order chi connectivity index (χ1) is 11.5. The Bertz CT molecular complexity index is 506. The summed E-state index contributed by atoms with van der Waals surface area (Å²) in [5.41, 5.74) is -0.219. The number of hydrogen-bond donors (Lipinski definition) is 1. The Morgan fingerprint density at radius 3 is 2.75 bits per heavy atom. The summed E-state index contributed by atoms with van der Waals surface area (Å²) in [7, 11) is 1.58. The van der Waals surface area contributed by atoms with Crippen LogP contribution in [0.25, 0.3) is 0 Å². The number of methoxy groups -OCH3 is 1. The summed E-state index contributed by atoms with van der Waals surface area (Å²) in [5, 5.41) is 11.3. The van der Waals surface area contributed by atoms with Crippen LogP contribution >= 0.6 is 0 Å². The zero-order valence-electron chi connectivity index (χ0n) is 14.7. The Hall–Kier alpha value is -1.24. The highest BCUT2D eigenvalue weighted by atomic mass is 16.7. The predicted molar refractivity (Wildman–Crippen MR) is 91.5 cm³/mol. The van der Waals surface area contributed by atoms with Crippen LogP contribution in [0.5, 0.6) is 0 Å². The lowest BCUT2D eigenvalue weighted by Crippen LogP contribution is -2.65. The quantitative estimate of drug-likeness (QED) is 0.740. The van der Waals surface area contributed by atoms with Crippen LogP contribution in [0.2, 0.25) is 0 Å². The molecule has 1 heterocycles. The maximum Gasteiger partial charge on any atom is 0.160 e. The topological polar surface area (TPSA) is 57.2 Å². The van der Waals surface area contributed by atoms with Crippen LogP contribution in [0, 0.1) is 0 Å². The molecule has 5 heteroatoms. The van der Waals surface area contributed by atoms with Gasteiger partial charge in [0.25, 0.3) is 0 Å². The third kappa shape index (κ3) is 4.23. The van der Waals surface area contributed by atoms with E-state index in [0.717, 1.165) is 5.56 Å². The maximum absolute atomic E-state index is 11.3. The van der Waals surface area contributed by atoms with Gasteiger partial charge in [-0.15, -0.1) is 6.58 Å². The molecule has 1 aliphatic heterocycles. The maximum atomic E-state index is 11.3. The Morgan fingerprint density at radius 2 is 2.12 bits per heavy atom. The molecule has 0 spiro atoms. The molecule has 1 aromatic carbocycles. The first-order valence-electron chi connectivity index (χ1n) is 8.31. The molecule has 0 amide bonds. The third-order valence-corrected chi connectivity index (χ3v) is 4.60. The smallest absolute Gasteiger partial charge is 0.160 e. The first-order valence-corrected chi connectivity index (χ1v) is 8.31. The molecule has 0 saturated carbocycles. The molecule has 0 unspecified atom stereocenters. The van der Waals surface area contributed by atoms with Crippen molar-refractivity contribution in [2.24, 2.45) is 0 Å². The highest BCUT2D eigenvalue weighted by molar-refractivity contribution is 5.13. The molecule has 5 atom stereocenters. The van der Waals surface area contributed by atoms with Gasteiger partial charge in [0.1, 0.15) is 5.60 Å². The molecule has 1 fully saturated rings. The monoisotopic (exact) mass is 336 g/mol. The minimum atomic E-state index is -1.27. The van der Waals surface area contributed by atoms with Crippen molar-refractivity contribution in [3.8, 4) is 0 Å². The van der Waals surface area contributed by atoms with E-state index in [1.165, 1.54) is 0 Å². The van der Waals surface area contributed by atoms with Crippen LogP contribution in [-0.2, 0) is 25.6 Å². The summed E-state index contributed by atoms with van der Waals surface area (Å²) in [5.74, 6) is 0. The van der Waals surface area contributed by atoms with Crippen LogP contribution < -0.4 is 0 Å². The van der Waals surface area contributed by atoms with E-state index in [1.54, 1.807) is 13.2 Å². The van der Waals surface area contributed by atoms with Gasteiger partial charge < -0.3 is 24.1 Å². The number of benzene rings is 1. The highest BCUT2D eigenvalue weighted by Crippen LogP contribution is 2.36. The summed E-state index contributed by atoms with van der Waals surface area (Å²) >= 11 is 0. The van der Waals surface area contributed by atoms with E-state index in [4.69, 9.17) is 18.9 Å². The van der Waals surface area contributed by atoms with Crippen LogP contribution in [0.3, 0.4) is 0 Å². The van der Waals surface area contributed by atoms with E-state index < -0.39 is 30.2 Å². The van der Waals surface area contributed by atoms with Crippen molar-refractivity contribution >= 4 is 0 Å². The molecule has 1 aromatic rings. The van der Waals surface area contributed by atoms with E-state index in [9.17, 15) is 5.11 Å². The number of ether oxygens (including phenoxy) is 4. The Kier molecular flexibility index (Phi) is 6.95. The fourth-order valence-electron chi connectivity index (χ4n) is 3.08. The fraction of sp³-hybridized carbons (Fsp3) is 0.579.